The highest BCUT2D eigenvalue weighted by atomic mass is 35.6. The molecule has 0 nitrogen and oxygen atoms in total. The quantitative estimate of drug-likeness (QED) is 0.662. The summed E-state index contributed by atoms with van der Waals surface area (Å²) in [5.74, 6) is 0. The predicted molar refractivity (Wildman–Crippen MR) is 57.6 cm³/mol. The van der Waals surface area contributed by atoms with Crippen molar-refractivity contribution in [3.63, 3.8) is 0 Å². The van der Waals surface area contributed by atoms with E-state index in [1.165, 1.54) is 5.56 Å². The maximum atomic E-state index is 4.90. The van der Waals surface area contributed by atoms with Gasteiger partial charge in [-0.15, -0.1) is 0 Å². The third-order valence-electron chi connectivity index (χ3n) is 1.31. The third-order valence-corrected chi connectivity index (χ3v) is 1.31. The Labute approximate surface area is 91.5 Å². The van der Waals surface area contributed by atoms with Crippen LogP contribution in [0, 0.1) is 6.92 Å². The Morgan fingerprint density at radius 2 is 1.67 bits per heavy atom. The number of aryl methyl sites for hydroxylation is 1. The summed E-state index contributed by atoms with van der Waals surface area (Å²) in [6.07, 6.45) is 2.09. The highest BCUT2D eigenvalue weighted by Crippen LogP contribution is 2.00. The topological polar surface area (TPSA) is 0 Å². The molecular formula is C9H11Cl2Mg. The van der Waals surface area contributed by atoms with Crippen molar-refractivity contribution in [1.82, 2.24) is 0 Å². The van der Waals surface area contributed by atoms with Gasteiger partial charge in [0.15, 0.2) is 0 Å². The fourth-order valence-electron chi connectivity index (χ4n) is 0.849. The third kappa shape index (κ3) is 7.23. The van der Waals surface area contributed by atoms with Crippen molar-refractivity contribution >= 4 is 36.3 Å². The van der Waals surface area contributed by atoms with Crippen molar-refractivity contribution in [3.8, 4) is 0 Å². The molecule has 0 N–H and O–H groups in total. The first kappa shape index (κ1) is 12.6. The summed E-state index contributed by atoms with van der Waals surface area (Å²) in [6, 6.07) is 10.4. The van der Waals surface area contributed by atoms with Crippen LogP contribution in [0.2, 0.25) is 0 Å². The molecule has 1 aromatic carbocycles. The lowest BCUT2D eigenvalue weighted by Crippen LogP contribution is -1.79. The molecule has 0 aliphatic rings. The average molecular weight is 214 g/mol. The van der Waals surface area contributed by atoms with E-state index in [1.54, 1.807) is 0 Å². The van der Waals surface area contributed by atoms with E-state index in [-0.39, 0.29) is 0 Å². The summed E-state index contributed by atoms with van der Waals surface area (Å²) in [5, 5.41) is 0. The van der Waals surface area contributed by atoms with E-state index in [0.717, 1.165) is 12.8 Å². The van der Waals surface area contributed by atoms with Crippen LogP contribution in [0.25, 0.3) is 0 Å². The molecule has 0 saturated heterocycles. The molecule has 1 aromatic rings. The summed E-state index contributed by atoms with van der Waals surface area (Å²) < 4.78 is 0. The minimum atomic E-state index is -0.639. The van der Waals surface area contributed by atoms with Crippen LogP contribution in [-0.2, 0) is 6.42 Å². The van der Waals surface area contributed by atoms with Crippen molar-refractivity contribution < 1.29 is 0 Å². The molecule has 0 fully saturated rings. The van der Waals surface area contributed by atoms with Crippen molar-refractivity contribution in [2.75, 3.05) is 0 Å². The van der Waals surface area contributed by atoms with Crippen molar-refractivity contribution in [2.45, 2.75) is 12.8 Å². The maximum Gasteiger partial charge on any atom is 0.618 e. The molecule has 63 valence electrons. The monoisotopic (exact) mass is 213 g/mol. The van der Waals surface area contributed by atoms with Crippen LogP contribution < -0.4 is 0 Å². The molecule has 0 atom stereocenters. The van der Waals surface area contributed by atoms with E-state index in [1.807, 2.05) is 6.07 Å². The largest absolute Gasteiger partial charge is 0.618 e. The van der Waals surface area contributed by atoms with Crippen LogP contribution in [0.3, 0.4) is 0 Å². The maximum absolute atomic E-state index is 4.90. The normalized spacial score (nSPS) is 7.92. The van der Waals surface area contributed by atoms with Crippen LogP contribution in [-0.4, -0.2) is 18.2 Å². The van der Waals surface area contributed by atoms with Gasteiger partial charge in [0.05, 0.1) is 0 Å². The second kappa shape index (κ2) is 9.65. The van der Waals surface area contributed by atoms with E-state index in [2.05, 4.69) is 31.2 Å². The minimum Gasteiger partial charge on any atom is -0.309 e. The number of benzene rings is 1. The molecule has 12 heavy (non-hydrogen) atoms. The van der Waals surface area contributed by atoms with Crippen LogP contribution in [0.4, 0.5) is 0 Å². The Morgan fingerprint density at radius 1 is 1.17 bits per heavy atom. The molecule has 1 radical (unpaired) electrons. The SMILES string of the molecule is [CH2]CCc1ccccc1.[Cl][Mg][Cl]. The predicted octanol–water partition coefficient (Wildman–Crippen LogP) is 3.45. The fraction of sp³-hybridized carbons (Fsp3) is 0.222. The molecule has 0 unspecified atom stereocenters. The smallest absolute Gasteiger partial charge is 0.309 e. The zero-order valence-electron chi connectivity index (χ0n) is 6.97. The lowest BCUT2D eigenvalue weighted by atomic mass is 10.1. The Kier molecular flexibility index (Phi) is 10.1. The number of rotatable bonds is 2. The van der Waals surface area contributed by atoms with Gasteiger partial charge < -0.3 is 18.1 Å². The van der Waals surface area contributed by atoms with Gasteiger partial charge in [0.1, 0.15) is 0 Å². The zero-order chi connectivity index (χ0) is 9.23. The summed E-state index contributed by atoms with van der Waals surface area (Å²) >= 11 is -0.639. The van der Waals surface area contributed by atoms with Gasteiger partial charge in [-0.3, -0.25) is 0 Å². The summed E-state index contributed by atoms with van der Waals surface area (Å²) in [4.78, 5) is 0. The van der Waals surface area contributed by atoms with Gasteiger partial charge in [-0.25, -0.2) is 0 Å². The van der Waals surface area contributed by atoms with E-state index >= 15 is 0 Å². The minimum absolute atomic E-state index is 0.639. The van der Waals surface area contributed by atoms with Crippen LogP contribution in [0.1, 0.15) is 12.0 Å². The van der Waals surface area contributed by atoms with Gasteiger partial charge in [-0.05, 0) is 18.4 Å². The first-order valence-corrected chi connectivity index (χ1v) is 8.07. The standard InChI is InChI=1S/C9H11.2ClH.Mg/c1-2-6-9-7-4-3-5-8-9;;;/h3-5,7-8H,1-2,6H2;2*1H;/q;;;+2/p-2. The Hall–Kier alpha value is 0.566. The summed E-state index contributed by atoms with van der Waals surface area (Å²) in [7, 11) is 9.81. The molecule has 0 aliphatic carbocycles. The van der Waals surface area contributed by atoms with E-state index in [9.17, 15) is 0 Å². The highest BCUT2D eigenvalue weighted by Gasteiger charge is 1.84. The Balaban J connectivity index is 0.000000354. The van der Waals surface area contributed by atoms with Crippen molar-refractivity contribution in [2.24, 2.45) is 0 Å². The van der Waals surface area contributed by atoms with Crippen molar-refractivity contribution in [3.05, 3.63) is 42.8 Å². The fourth-order valence-corrected chi connectivity index (χ4v) is 0.849. The Morgan fingerprint density at radius 3 is 2.08 bits per heavy atom. The highest BCUT2D eigenvalue weighted by molar-refractivity contribution is 7.22. The molecule has 1 rings (SSSR count). The van der Waals surface area contributed by atoms with Crippen molar-refractivity contribution in [1.29, 1.82) is 0 Å². The lowest BCUT2D eigenvalue weighted by molar-refractivity contribution is 1.000. The molecule has 0 amide bonds. The molecule has 0 bridgehead atoms. The molecule has 3 heteroatoms. The average Bonchev–Trinajstić information content (AvgIpc) is 2.08. The molecular weight excluding hydrogens is 203 g/mol. The van der Waals surface area contributed by atoms with Crippen LogP contribution in [0.15, 0.2) is 30.3 Å². The molecule has 0 saturated carbocycles. The van der Waals surface area contributed by atoms with Gasteiger partial charge in [0.25, 0.3) is 0 Å². The van der Waals surface area contributed by atoms with Gasteiger partial charge in [0, 0.05) is 0 Å². The molecule has 0 spiro atoms. The Bertz CT molecular complexity index is 177. The van der Waals surface area contributed by atoms with Crippen LogP contribution in [0.5, 0.6) is 0 Å². The molecule has 0 heterocycles. The van der Waals surface area contributed by atoms with E-state index < -0.39 is 18.2 Å². The second-order valence-electron chi connectivity index (χ2n) is 2.19. The van der Waals surface area contributed by atoms with Gasteiger partial charge in [-0.2, -0.15) is 0 Å². The van der Waals surface area contributed by atoms with Crippen LogP contribution >= 0.6 is 18.1 Å². The first-order valence-electron chi connectivity index (χ1n) is 3.80. The number of hydrogen-bond donors (Lipinski definition) is 0. The van der Waals surface area contributed by atoms with Gasteiger partial charge >= 0.3 is 18.2 Å². The number of hydrogen-bond acceptors (Lipinski definition) is 0. The molecule has 0 aromatic heterocycles. The van der Waals surface area contributed by atoms with E-state index in [0.29, 0.717) is 0 Å². The lowest BCUT2D eigenvalue weighted by Gasteiger charge is -1.93. The van der Waals surface area contributed by atoms with Gasteiger partial charge in [-0.1, -0.05) is 37.3 Å². The first-order chi connectivity index (χ1) is 5.85. The summed E-state index contributed by atoms with van der Waals surface area (Å²) in [6.45, 7) is 3.78. The van der Waals surface area contributed by atoms with E-state index in [4.69, 9.17) is 18.1 Å². The zero-order valence-corrected chi connectivity index (χ0v) is 9.90. The second-order valence-corrected chi connectivity index (χ2v) is 4.82. The summed E-state index contributed by atoms with van der Waals surface area (Å²) in [5.41, 5.74) is 1.38. The molecule has 0 aliphatic heterocycles. The number of halogens is 2. The van der Waals surface area contributed by atoms with Gasteiger partial charge in [0.2, 0.25) is 0 Å².